The minimum atomic E-state index is -1.07. The lowest BCUT2D eigenvalue weighted by molar-refractivity contribution is -0.384. The summed E-state index contributed by atoms with van der Waals surface area (Å²) in [4.78, 5) is 62.9. The van der Waals surface area contributed by atoms with E-state index < -0.39 is 28.8 Å². The predicted molar refractivity (Wildman–Crippen MR) is 143 cm³/mol. The first-order valence-corrected chi connectivity index (χ1v) is 13.3. The second-order valence-corrected chi connectivity index (χ2v) is 10.5. The summed E-state index contributed by atoms with van der Waals surface area (Å²) in [6.45, 7) is 1.78. The van der Waals surface area contributed by atoms with Crippen LogP contribution in [0.2, 0.25) is 0 Å². The fourth-order valence-corrected chi connectivity index (χ4v) is 4.91. The van der Waals surface area contributed by atoms with E-state index in [0.717, 1.165) is 5.56 Å². The van der Waals surface area contributed by atoms with Gasteiger partial charge in [0.15, 0.2) is 0 Å². The van der Waals surface area contributed by atoms with Crippen molar-refractivity contribution < 1.29 is 24.1 Å². The van der Waals surface area contributed by atoms with Gasteiger partial charge in [-0.1, -0.05) is 42.5 Å². The molecular weight excluding hydrogens is 510 g/mol. The maximum absolute atomic E-state index is 13.5. The van der Waals surface area contributed by atoms with Crippen LogP contribution in [0.4, 0.5) is 5.69 Å². The van der Waals surface area contributed by atoms with E-state index in [2.05, 4.69) is 10.6 Å². The van der Waals surface area contributed by atoms with Gasteiger partial charge in [-0.25, -0.2) is 0 Å². The average Bonchev–Trinajstić information content (AvgIpc) is 2.89. The van der Waals surface area contributed by atoms with Gasteiger partial charge < -0.3 is 21.3 Å². The van der Waals surface area contributed by atoms with Crippen LogP contribution in [0.1, 0.15) is 24.5 Å². The van der Waals surface area contributed by atoms with E-state index >= 15 is 0 Å². The number of nitrogens with one attached hydrogen (secondary N) is 2. The van der Waals surface area contributed by atoms with Crippen LogP contribution in [-0.4, -0.2) is 69.6 Å². The van der Waals surface area contributed by atoms with Gasteiger partial charge >= 0.3 is 0 Å². The number of amides is 4. The van der Waals surface area contributed by atoms with Crippen molar-refractivity contribution in [3.8, 4) is 0 Å². The number of benzene rings is 2. The SMILES string of the molecule is C[C@@H]1SCCCN(CC(=O)N[C@@H](Cc2ccc([N+](=O)[O-])cc2)C(N)=O)C(=O)[C@H](Cc2ccccc2)NC1=O. The summed E-state index contributed by atoms with van der Waals surface area (Å²) in [7, 11) is 0. The summed E-state index contributed by atoms with van der Waals surface area (Å²) in [6.07, 6.45) is 0.889. The number of nitrogens with two attached hydrogens (primary N) is 1. The third kappa shape index (κ3) is 8.30. The minimum Gasteiger partial charge on any atom is -0.368 e. The number of hydrogen-bond acceptors (Lipinski definition) is 7. The van der Waals surface area contributed by atoms with E-state index in [1.54, 1.807) is 6.92 Å². The van der Waals surface area contributed by atoms with Crippen LogP contribution < -0.4 is 16.4 Å². The summed E-state index contributed by atoms with van der Waals surface area (Å²) in [5, 5.41) is 16.0. The Morgan fingerprint density at radius 2 is 1.84 bits per heavy atom. The molecule has 0 saturated carbocycles. The second-order valence-electron chi connectivity index (χ2n) is 9.03. The zero-order chi connectivity index (χ0) is 27.7. The lowest BCUT2D eigenvalue weighted by Gasteiger charge is -2.30. The number of rotatable bonds is 9. The third-order valence-corrected chi connectivity index (χ3v) is 7.36. The molecule has 1 heterocycles. The molecule has 4 amide bonds. The third-order valence-electron chi connectivity index (χ3n) is 6.12. The van der Waals surface area contributed by atoms with E-state index in [1.807, 2.05) is 30.3 Å². The first-order chi connectivity index (χ1) is 18.1. The van der Waals surface area contributed by atoms with Crippen molar-refractivity contribution in [2.75, 3.05) is 18.8 Å². The van der Waals surface area contributed by atoms with Gasteiger partial charge in [-0.2, -0.15) is 0 Å². The summed E-state index contributed by atoms with van der Waals surface area (Å²) >= 11 is 1.48. The number of nitro benzene ring substituents is 1. The molecule has 38 heavy (non-hydrogen) atoms. The first-order valence-electron chi connectivity index (χ1n) is 12.2. The highest BCUT2D eigenvalue weighted by molar-refractivity contribution is 8.00. The highest BCUT2D eigenvalue weighted by atomic mass is 32.2. The molecule has 11 nitrogen and oxygen atoms in total. The van der Waals surface area contributed by atoms with Crippen LogP contribution in [0.25, 0.3) is 0 Å². The van der Waals surface area contributed by atoms with Crippen molar-refractivity contribution in [2.24, 2.45) is 5.73 Å². The number of carbonyl (C=O) groups excluding carboxylic acids is 4. The summed E-state index contributed by atoms with van der Waals surface area (Å²) in [6, 6.07) is 12.9. The van der Waals surface area contributed by atoms with E-state index in [9.17, 15) is 29.3 Å². The topological polar surface area (TPSA) is 165 Å². The fourth-order valence-electron chi connectivity index (χ4n) is 4.04. The molecule has 4 N–H and O–H groups in total. The zero-order valence-electron chi connectivity index (χ0n) is 21.0. The van der Waals surface area contributed by atoms with Crippen molar-refractivity contribution >= 4 is 41.1 Å². The number of hydrogen-bond donors (Lipinski definition) is 3. The van der Waals surface area contributed by atoms with Crippen LogP contribution in [0.5, 0.6) is 0 Å². The van der Waals surface area contributed by atoms with Gasteiger partial charge in [0.25, 0.3) is 5.69 Å². The lowest BCUT2D eigenvalue weighted by atomic mass is 10.0. The number of nitro groups is 1. The van der Waals surface area contributed by atoms with Gasteiger partial charge in [0.1, 0.15) is 12.1 Å². The molecule has 1 saturated heterocycles. The van der Waals surface area contributed by atoms with E-state index in [1.165, 1.54) is 40.9 Å². The number of thioether (sulfide) groups is 1. The van der Waals surface area contributed by atoms with E-state index in [-0.39, 0.29) is 42.1 Å². The predicted octanol–water partition coefficient (Wildman–Crippen LogP) is 1.19. The molecule has 1 aliphatic rings. The van der Waals surface area contributed by atoms with Crippen molar-refractivity contribution in [2.45, 2.75) is 43.5 Å². The molecule has 0 aliphatic carbocycles. The molecule has 0 bridgehead atoms. The molecule has 0 unspecified atom stereocenters. The van der Waals surface area contributed by atoms with Crippen LogP contribution in [0, 0.1) is 10.1 Å². The Morgan fingerprint density at radius 3 is 2.47 bits per heavy atom. The number of primary amides is 1. The summed E-state index contributed by atoms with van der Waals surface area (Å²) in [5.41, 5.74) is 6.84. The van der Waals surface area contributed by atoms with Gasteiger partial charge in [0.2, 0.25) is 23.6 Å². The summed E-state index contributed by atoms with van der Waals surface area (Å²) < 4.78 is 0. The van der Waals surface area contributed by atoms with Crippen LogP contribution in [0.3, 0.4) is 0 Å². The van der Waals surface area contributed by atoms with Crippen molar-refractivity contribution in [1.82, 2.24) is 15.5 Å². The van der Waals surface area contributed by atoms with Gasteiger partial charge in [0.05, 0.1) is 16.7 Å². The first kappa shape index (κ1) is 28.6. The maximum atomic E-state index is 13.5. The molecule has 1 fully saturated rings. The van der Waals surface area contributed by atoms with Gasteiger partial charge in [-0.15, -0.1) is 11.8 Å². The Kier molecular flexibility index (Phi) is 10.2. The van der Waals surface area contributed by atoms with E-state index in [4.69, 9.17) is 5.73 Å². The van der Waals surface area contributed by atoms with Crippen LogP contribution in [-0.2, 0) is 32.0 Å². The smallest absolute Gasteiger partial charge is 0.269 e. The quantitative estimate of drug-likeness (QED) is 0.317. The van der Waals surface area contributed by atoms with Crippen molar-refractivity contribution in [1.29, 1.82) is 0 Å². The molecule has 0 aromatic heterocycles. The highest BCUT2D eigenvalue weighted by Gasteiger charge is 2.31. The van der Waals surface area contributed by atoms with E-state index in [0.29, 0.717) is 24.3 Å². The average molecular weight is 542 g/mol. The van der Waals surface area contributed by atoms with Crippen molar-refractivity contribution in [3.05, 3.63) is 75.8 Å². The second kappa shape index (κ2) is 13.6. The molecule has 2 aromatic carbocycles. The largest absolute Gasteiger partial charge is 0.368 e. The molecule has 0 spiro atoms. The Hall–Kier alpha value is -3.93. The standard InChI is InChI=1S/C26H31N5O6S/c1-17-25(34)29-22(15-18-6-3-2-4-7-18)26(35)30(12-5-13-38-17)16-23(32)28-21(24(27)33)14-19-8-10-20(11-9-19)31(36)37/h2-4,6-11,17,21-22H,5,12-16H2,1H3,(H2,27,33)(H,28,32)(H,29,34)/t17-,21-,22-/m0/s1. The maximum Gasteiger partial charge on any atom is 0.269 e. The Labute approximate surface area is 224 Å². The normalized spacial score (nSPS) is 19.2. The number of carbonyl (C=O) groups is 4. The molecule has 202 valence electrons. The van der Waals surface area contributed by atoms with Gasteiger partial charge in [-0.05, 0) is 30.2 Å². The van der Waals surface area contributed by atoms with Gasteiger partial charge in [0, 0.05) is 31.5 Å². The molecule has 0 radical (unpaired) electrons. The molecule has 3 atom stereocenters. The zero-order valence-corrected chi connectivity index (χ0v) is 21.8. The monoisotopic (exact) mass is 541 g/mol. The van der Waals surface area contributed by atoms with Gasteiger partial charge in [-0.3, -0.25) is 29.3 Å². The molecule has 12 heteroatoms. The van der Waals surface area contributed by atoms with Crippen LogP contribution in [0.15, 0.2) is 54.6 Å². The van der Waals surface area contributed by atoms with Crippen LogP contribution >= 0.6 is 11.8 Å². The highest BCUT2D eigenvalue weighted by Crippen LogP contribution is 2.17. The Morgan fingerprint density at radius 1 is 1.16 bits per heavy atom. The number of nitrogens with zero attached hydrogens (tertiary/aromatic N) is 2. The molecule has 2 aromatic rings. The molecular formula is C26H31N5O6S. The Bertz CT molecular complexity index is 1160. The fraction of sp³-hybridized carbons (Fsp3) is 0.385. The summed E-state index contributed by atoms with van der Waals surface area (Å²) in [5.74, 6) is -1.35. The number of non-ortho nitro benzene ring substituents is 1. The molecule has 3 rings (SSSR count). The Balaban J connectivity index is 1.72. The molecule has 1 aliphatic heterocycles. The lowest BCUT2D eigenvalue weighted by Crippen LogP contribution is -2.55. The minimum absolute atomic E-state index is 0.0359. The van der Waals surface area contributed by atoms with Crippen molar-refractivity contribution in [3.63, 3.8) is 0 Å².